The van der Waals surface area contributed by atoms with Crippen LogP contribution < -0.4 is 10.6 Å². The van der Waals surface area contributed by atoms with Crippen molar-refractivity contribution in [3.8, 4) is 0 Å². The van der Waals surface area contributed by atoms with Crippen LogP contribution >= 0.6 is 0 Å². The molecule has 2 rings (SSSR count). The van der Waals surface area contributed by atoms with E-state index in [1.807, 2.05) is 90.1 Å². The zero-order valence-electron chi connectivity index (χ0n) is 16.6. The van der Waals surface area contributed by atoms with E-state index in [0.717, 1.165) is 11.4 Å². The van der Waals surface area contributed by atoms with Gasteiger partial charge in [0.1, 0.15) is 0 Å². The molecule has 7 heteroatoms. The van der Waals surface area contributed by atoms with E-state index in [1.165, 1.54) is 0 Å². The first-order chi connectivity index (χ1) is 11.9. The van der Waals surface area contributed by atoms with E-state index in [2.05, 4.69) is 10.6 Å². The molecular formula is C20H28FeN2O4. The summed E-state index contributed by atoms with van der Waals surface area (Å²) in [6, 6.07) is 14.7. The number of carbonyl (C=O) groups is 2. The van der Waals surface area contributed by atoms with Gasteiger partial charge < -0.3 is 20.1 Å². The number of amides is 2. The van der Waals surface area contributed by atoms with Gasteiger partial charge in [0.25, 0.3) is 0 Å². The fourth-order valence-corrected chi connectivity index (χ4v) is 1.76. The molecule has 0 bridgehead atoms. The van der Waals surface area contributed by atoms with Crippen LogP contribution in [0, 0.1) is 0 Å². The smallest absolute Gasteiger partial charge is 0.487 e. The predicted octanol–water partition coefficient (Wildman–Crippen LogP) is 5.50. The van der Waals surface area contributed by atoms with Gasteiger partial charge in [-0.05, 0) is 52.9 Å². The first kappa shape index (κ1) is 24.8. The molecule has 0 saturated heterocycles. The molecule has 0 aromatic heterocycles. The molecule has 2 aromatic carbocycles. The average Bonchev–Trinajstić information content (AvgIpc) is 3.08. The molecule has 2 aromatic rings. The Morgan fingerprint density at radius 2 is 0.926 bits per heavy atom. The third-order valence-corrected chi connectivity index (χ3v) is 2.62. The summed E-state index contributed by atoms with van der Waals surface area (Å²) in [5, 5.41) is 5.23. The second-order valence-corrected chi connectivity index (χ2v) is 7.60. The normalized spacial score (nSPS) is 10.6. The van der Waals surface area contributed by atoms with Gasteiger partial charge in [-0.15, -0.1) is 24.3 Å². The first-order valence-electron chi connectivity index (χ1n) is 8.38. The molecule has 0 aliphatic rings. The van der Waals surface area contributed by atoms with Gasteiger partial charge in [0.2, 0.25) is 0 Å². The molecule has 0 fully saturated rings. The van der Waals surface area contributed by atoms with Crippen LogP contribution in [0.3, 0.4) is 0 Å². The van der Waals surface area contributed by atoms with Crippen molar-refractivity contribution in [1.82, 2.24) is 0 Å². The van der Waals surface area contributed by atoms with Crippen molar-refractivity contribution in [2.75, 3.05) is 10.6 Å². The molecule has 0 aliphatic carbocycles. The Morgan fingerprint density at radius 3 is 1.15 bits per heavy atom. The monoisotopic (exact) mass is 416 g/mol. The minimum Gasteiger partial charge on any atom is -0.487 e. The van der Waals surface area contributed by atoms with Crippen molar-refractivity contribution in [3.05, 3.63) is 48.5 Å². The van der Waals surface area contributed by atoms with E-state index in [-0.39, 0.29) is 17.1 Å². The van der Waals surface area contributed by atoms with Crippen molar-refractivity contribution >= 4 is 23.6 Å². The Hall–Kier alpha value is -2.24. The third-order valence-electron chi connectivity index (χ3n) is 2.62. The topological polar surface area (TPSA) is 76.7 Å². The zero-order chi connectivity index (χ0) is 19.8. The van der Waals surface area contributed by atoms with Gasteiger partial charge in [0.05, 0.1) is 11.2 Å². The number of hydrogen-bond acceptors (Lipinski definition) is 4. The number of ether oxygens (including phenoxy) is 2. The van der Waals surface area contributed by atoms with Crippen molar-refractivity contribution in [2.24, 2.45) is 0 Å². The Morgan fingerprint density at radius 1 is 0.667 bits per heavy atom. The zero-order valence-corrected chi connectivity index (χ0v) is 17.7. The molecule has 0 heterocycles. The van der Waals surface area contributed by atoms with Crippen molar-refractivity contribution in [1.29, 1.82) is 0 Å². The summed E-state index contributed by atoms with van der Waals surface area (Å²) in [5.41, 5.74) is 0.622. The van der Waals surface area contributed by atoms with E-state index >= 15 is 0 Å². The van der Waals surface area contributed by atoms with Crippen LogP contribution in [0.25, 0.3) is 0 Å². The fraction of sp³-hybridized carbons (Fsp3) is 0.400. The minimum absolute atomic E-state index is 0. The van der Waals surface area contributed by atoms with Crippen LogP contribution in [0.5, 0.6) is 0 Å². The molecule has 2 amide bonds. The standard InChI is InChI=1S/2C10H14NO2.Fe/c2*1-10(2,3)13-9(12)11-8-6-4-5-7-8;/h2*4-7H,1-3H3,(H,11,12);/q2*-1;+2. The van der Waals surface area contributed by atoms with Crippen molar-refractivity contribution in [3.63, 3.8) is 0 Å². The van der Waals surface area contributed by atoms with Gasteiger partial charge in [-0.3, -0.25) is 9.59 Å². The van der Waals surface area contributed by atoms with Gasteiger partial charge in [0.15, 0.2) is 0 Å². The number of nitrogens with one attached hydrogen (secondary N) is 2. The molecule has 0 atom stereocenters. The van der Waals surface area contributed by atoms with Crippen LogP contribution in [-0.4, -0.2) is 23.4 Å². The minimum atomic E-state index is -0.448. The van der Waals surface area contributed by atoms with Crippen LogP contribution in [0.4, 0.5) is 21.0 Å². The number of hydrogen-bond donors (Lipinski definition) is 2. The van der Waals surface area contributed by atoms with Gasteiger partial charge >= 0.3 is 29.3 Å². The van der Waals surface area contributed by atoms with Crippen LogP contribution in [0.15, 0.2) is 48.5 Å². The van der Waals surface area contributed by atoms with Gasteiger partial charge in [0, 0.05) is 0 Å². The summed E-state index contributed by atoms with van der Waals surface area (Å²) in [7, 11) is 0. The van der Waals surface area contributed by atoms with Gasteiger partial charge in [-0.2, -0.15) is 24.3 Å². The maximum absolute atomic E-state index is 11.2. The van der Waals surface area contributed by atoms with Crippen LogP contribution in [0.2, 0.25) is 0 Å². The summed E-state index contributed by atoms with van der Waals surface area (Å²) < 4.78 is 10.1. The second kappa shape index (κ2) is 10.8. The SMILES string of the molecule is CC(C)(C)OC(=O)N[c-]1cccc1.CC(C)(C)OC(=O)N[c-]1cccc1.[Fe+2]. The van der Waals surface area contributed by atoms with Crippen LogP contribution in [0.1, 0.15) is 41.5 Å². The molecule has 0 aliphatic heterocycles. The molecule has 0 saturated carbocycles. The summed E-state index contributed by atoms with van der Waals surface area (Å²) >= 11 is 0. The summed E-state index contributed by atoms with van der Waals surface area (Å²) in [5.74, 6) is 0. The molecule has 0 unspecified atom stereocenters. The first-order valence-corrected chi connectivity index (χ1v) is 8.38. The Bertz CT molecular complexity index is 606. The van der Waals surface area contributed by atoms with E-state index < -0.39 is 23.4 Å². The van der Waals surface area contributed by atoms with Crippen molar-refractivity contribution in [2.45, 2.75) is 52.7 Å². The molecule has 27 heavy (non-hydrogen) atoms. The summed E-state index contributed by atoms with van der Waals surface area (Å²) in [4.78, 5) is 22.4. The largest absolute Gasteiger partial charge is 2.00 e. The third kappa shape index (κ3) is 12.7. The number of anilines is 2. The Labute approximate surface area is 171 Å². The quantitative estimate of drug-likeness (QED) is 0.501. The van der Waals surface area contributed by atoms with E-state index in [0.29, 0.717) is 0 Å². The van der Waals surface area contributed by atoms with E-state index in [4.69, 9.17) is 9.47 Å². The van der Waals surface area contributed by atoms with E-state index in [1.54, 1.807) is 0 Å². The Kier molecular flexibility index (Phi) is 9.90. The van der Waals surface area contributed by atoms with Gasteiger partial charge in [-0.25, -0.2) is 0 Å². The summed E-state index contributed by atoms with van der Waals surface area (Å²) in [6.45, 7) is 11.0. The van der Waals surface area contributed by atoms with Crippen molar-refractivity contribution < 1.29 is 36.1 Å². The average molecular weight is 416 g/mol. The maximum atomic E-state index is 11.2. The molecule has 2 N–H and O–H groups in total. The molecule has 6 nitrogen and oxygen atoms in total. The van der Waals surface area contributed by atoms with E-state index in [9.17, 15) is 9.59 Å². The molecular weight excluding hydrogens is 388 g/mol. The molecule has 0 radical (unpaired) electrons. The van der Waals surface area contributed by atoms with Gasteiger partial charge in [-0.1, -0.05) is 0 Å². The predicted molar refractivity (Wildman–Crippen MR) is 104 cm³/mol. The van der Waals surface area contributed by atoms with Crippen LogP contribution in [-0.2, 0) is 26.5 Å². The molecule has 150 valence electrons. The second-order valence-electron chi connectivity index (χ2n) is 7.60. The number of carbonyl (C=O) groups excluding carboxylic acids is 2. The Balaban J connectivity index is 0.000000483. The summed E-state index contributed by atoms with van der Waals surface area (Å²) in [6.07, 6.45) is -0.836. The molecule has 0 spiro atoms. The maximum Gasteiger partial charge on any atom is 2.00 e. The number of rotatable bonds is 2. The fourth-order valence-electron chi connectivity index (χ4n) is 1.76.